The molecule has 0 unspecified atom stereocenters. The lowest BCUT2D eigenvalue weighted by Crippen LogP contribution is -2.25. The molecule has 0 bridgehead atoms. The fourth-order valence-electron chi connectivity index (χ4n) is 2.72. The predicted octanol–water partition coefficient (Wildman–Crippen LogP) is 3.41. The normalized spacial score (nSPS) is 13.3. The molecule has 3 rings (SSSR count). The van der Waals surface area contributed by atoms with E-state index in [2.05, 4.69) is 20.8 Å². The van der Waals surface area contributed by atoms with Crippen molar-refractivity contribution in [3.8, 4) is 0 Å². The van der Waals surface area contributed by atoms with Crippen LogP contribution in [0.1, 0.15) is 42.1 Å². The Hall–Kier alpha value is -1.91. The second-order valence-electron chi connectivity index (χ2n) is 6.46. The number of hydrogen-bond acceptors (Lipinski definition) is 8. The third-order valence-corrected chi connectivity index (χ3v) is 7.35. The first kappa shape index (κ1) is 21.8. The number of carbonyl (C=O) groups excluding carboxylic acids is 3. The number of aryl methyl sites for hydroxylation is 1. The number of thioether (sulfide) groups is 2. The molecule has 29 heavy (non-hydrogen) atoms. The largest absolute Gasteiger partial charge is 0.355 e. The molecule has 0 atom stereocenters. The Morgan fingerprint density at radius 1 is 1.17 bits per heavy atom. The molecule has 0 saturated heterocycles. The zero-order valence-corrected chi connectivity index (χ0v) is 18.5. The summed E-state index contributed by atoms with van der Waals surface area (Å²) >= 11 is 4.08. The Bertz CT molecular complexity index is 901. The molecule has 0 spiro atoms. The summed E-state index contributed by atoms with van der Waals surface area (Å²) in [4.78, 5) is 35.9. The van der Waals surface area contributed by atoms with Crippen LogP contribution in [0.25, 0.3) is 0 Å². The molecule has 0 radical (unpaired) electrons. The van der Waals surface area contributed by atoms with E-state index >= 15 is 0 Å². The van der Waals surface area contributed by atoms with Gasteiger partial charge in [-0.3, -0.25) is 14.4 Å². The highest BCUT2D eigenvalue weighted by Gasteiger charge is 2.16. The van der Waals surface area contributed by atoms with E-state index in [0.717, 1.165) is 30.5 Å². The second kappa shape index (κ2) is 10.7. The van der Waals surface area contributed by atoms with Gasteiger partial charge in [-0.15, -0.1) is 10.2 Å². The molecular formula is C19H22N4O3S3. The fraction of sp³-hybridized carbons (Fsp3) is 0.421. The molecule has 1 aliphatic rings. The highest BCUT2D eigenvalue weighted by atomic mass is 32.2. The molecule has 1 aromatic heterocycles. The number of benzene rings is 1. The molecule has 0 saturated carbocycles. The van der Waals surface area contributed by atoms with E-state index in [9.17, 15) is 14.4 Å². The maximum absolute atomic E-state index is 12.6. The summed E-state index contributed by atoms with van der Waals surface area (Å²) in [6.45, 7) is 2.68. The minimum atomic E-state index is -0.0177. The van der Waals surface area contributed by atoms with Crippen molar-refractivity contribution in [2.24, 2.45) is 0 Å². The summed E-state index contributed by atoms with van der Waals surface area (Å²) in [5.41, 5.74) is 2.44. The van der Waals surface area contributed by atoms with Crippen LogP contribution >= 0.6 is 34.9 Å². The van der Waals surface area contributed by atoms with Gasteiger partial charge >= 0.3 is 0 Å². The number of Topliss-reactive ketones (excluding diaryl/α,β-unsaturated/α-hetero) is 1. The van der Waals surface area contributed by atoms with Crippen molar-refractivity contribution in [3.05, 3.63) is 29.3 Å². The first-order valence-electron chi connectivity index (χ1n) is 9.37. The van der Waals surface area contributed by atoms with Crippen LogP contribution in [0, 0.1) is 0 Å². The SMILES string of the molecule is CCCNC(=O)CSc1nnc(SCC(=O)c2ccc3c(c2)CCCC(=O)N3)s1. The lowest BCUT2D eigenvalue weighted by Gasteiger charge is -2.08. The van der Waals surface area contributed by atoms with Gasteiger partial charge in [-0.25, -0.2) is 0 Å². The Kier molecular flexibility index (Phi) is 8.08. The number of nitrogens with zero attached hydrogens (tertiary/aromatic N) is 2. The van der Waals surface area contributed by atoms with Crippen LogP contribution in [-0.2, 0) is 16.0 Å². The third kappa shape index (κ3) is 6.55. The smallest absolute Gasteiger partial charge is 0.230 e. The molecule has 2 amide bonds. The third-order valence-electron chi connectivity index (χ3n) is 4.16. The van der Waals surface area contributed by atoms with Crippen molar-refractivity contribution in [1.29, 1.82) is 0 Å². The van der Waals surface area contributed by atoms with Crippen LogP contribution in [-0.4, -0.2) is 45.8 Å². The summed E-state index contributed by atoms with van der Waals surface area (Å²) < 4.78 is 1.42. The standard InChI is InChI=1S/C19H22N4O3S3/c1-2-8-20-17(26)11-28-19-23-22-18(29-19)27-10-15(24)13-6-7-14-12(9-13)4-3-5-16(25)21-14/h6-7,9H,2-5,8,10-11H2,1H3,(H,20,26)(H,21,25). The Morgan fingerprint density at radius 3 is 2.69 bits per heavy atom. The molecule has 0 fully saturated rings. The second-order valence-corrected chi connectivity index (χ2v) is 9.88. The van der Waals surface area contributed by atoms with Crippen LogP contribution in [0.2, 0.25) is 0 Å². The molecule has 10 heteroatoms. The van der Waals surface area contributed by atoms with E-state index in [1.165, 1.54) is 34.9 Å². The van der Waals surface area contributed by atoms with Gasteiger partial charge in [-0.05, 0) is 43.0 Å². The summed E-state index contributed by atoms with van der Waals surface area (Å²) in [6.07, 6.45) is 2.98. The monoisotopic (exact) mass is 450 g/mol. The van der Waals surface area contributed by atoms with E-state index < -0.39 is 0 Å². The number of carbonyl (C=O) groups is 3. The Labute approximate surface area is 181 Å². The number of amides is 2. The molecule has 2 N–H and O–H groups in total. The highest BCUT2D eigenvalue weighted by molar-refractivity contribution is 8.03. The molecule has 1 aromatic carbocycles. The van der Waals surface area contributed by atoms with Crippen molar-refractivity contribution in [3.63, 3.8) is 0 Å². The van der Waals surface area contributed by atoms with Gasteiger partial charge in [0.15, 0.2) is 14.5 Å². The number of hydrogen-bond donors (Lipinski definition) is 2. The molecule has 2 aromatic rings. The van der Waals surface area contributed by atoms with Crippen LogP contribution in [0.15, 0.2) is 26.9 Å². The molecule has 7 nitrogen and oxygen atoms in total. The molecule has 0 aliphatic carbocycles. The van der Waals surface area contributed by atoms with Gasteiger partial charge < -0.3 is 10.6 Å². The quantitative estimate of drug-likeness (QED) is 0.446. The maximum atomic E-state index is 12.6. The van der Waals surface area contributed by atoms with Gasteiger partial charge in [-0.1, -0.05) is 41.8 Å². The number of fused-ring (bicyclic) bond motifs is 1. The fourth-order valence-corrected chi connectivity index (χ4v) is 5.46. The van der Waals surface area contributed by atoms with Gasteiger partial charge in [0.25, 0.3) is 0 Å². The van der Waals surface area contributed by atoms with Gasteiger partial charge in [0.05, 0.1) is 11.5 Å². The van der Waals surface area contributed by atoms with Crippen LogP contribution in [0.3, 0.4) is 0 Å². The number of rotatable bonds is 9. The lowest BCUT2D eigenvalue weighted by atomic mass is 10.0. The zero-order valence-electron chi connectivity index (χ0n) is 16.0. The first-order chi connectivity index (χ1) is 14.0. The predicted molar refractivity (Wildman–Crippen MR) is 117 cm³/mol. The van der Waals surface area contributed by atoms with Crippen molar-refractivity contribution in [2.75, 3.05) is 23.4 Å². The minimum Gasteiger partial charge on any atom is -0.355 e. The zero-order chi connectivity index (χ0) is 20.6. The van der Waals surface area contributed by atoms with Crippen LogP contribution in [0.5, 0.6) is 0 Å². The average Bonchev–Trinajstić information content (AvgIpc) is 3.09. The maximum Gasteiger partial charge on any atom is 0.230 e. The van der Waals surface area contributed by atoms with E-state index in [-0.39, 0.29) is 23.4 Å². The van der Waals surface area contributed by atoms with Crippen LogP contribution in [0.4, 0.5) is 5.69 Å². The molecular weight excluding hydrogens is 428 g/mol. The topological polar surface area (TPSA) is 101 Å². The number of aromatic nitrogens is 2. The Balaban J connectivity index is 1.51. The summed E-state index contributed by atoms with van der Waals surface area (Å²) in [5.74, 6) is 0.587. The highest BCUT2D eigenvalue weighted by Crippen LogP contribution is 2.30. The van der Waals surface area contributed by atoms with E-state index in [0.29, 0.717) is 33.0 Å². The summed E-state index contributed by atoms with van der Waals surface area (Å²) in [5, 5.41) is 13.9. The van der Waals surface area contributed by atoms with Crippen molar-refractivity contribution >= 4 is 58.1 Å². The Morgan fingerprint density at radius 2 is 1.93 bits per heavy atom. The number of anilines is 1. The first-order valence-corrected chi connectivity index (χ1v) is 12.2. The van der Waals surface area contributed by atoms with Gasteiger partial charge in [0, 0.05) is 24.2 Å². The molecule has 154 valence electrons. The van der Waals surface area contributed by atoms with Gasteiger partial charge in [0.1, 0.15) is 0 Å². The van der Waals surface area contributed by atoms with E-state index in [1.54, 1.807) is 12.1 Å². The van der Waals surface area contributed by atoms with Crippen molar-refractivity contribution < 1.29 is 14.4 Å². The van der Waals surface area contributed by atoms with Gasteiger partial charge in [-0.2, -0.15) is 0 Å². The van der Waals surface area contributed by atoms with E-state index in [1.807, 2.05) is 13.0 Å². The van der Waals surface area contributed by atoms with Crippen molar-refractivity contribution in [1.82, 2.24) is 15.5 Å². The van der Waals surface area contributed by atoms with Crippen LogP contribution < -0.4 is 10.6 Å². The molecule has 2 heterocycles. The van der Waals surface area contributed by atoms with Gasteiger partial charge in [0.2, 0.25) is 11.8 Å². The number of nitrogens with one attached hydrogen (secondary N) is 2. The average molecular weight is 451 g/mol. The number of ketones is 1. The molecule has 1 aliphatic heterocycles. The van der Waals surface area contributed by atoms with Crippen molar-refractivity contribution in [2.45, 2.75) is 41.3 Å². The van der Waals surface area contributed by atoms with E-state index in [4.69, 9.17) is 0 Å². The summed E-state index contributed by atoms with van der Waals surface area (Å²) in [6, 6.07) is 5.43. The minimum absolute atomic E-state index is 0.0109. The summed E-state index contributed by atoms with van der Waals surface area (Å²) in [7, 11) is 0. The lowest BCUT2D eigenvalue weighted by molar-refractivity contribution is -0.118.